The molecule has 0 amide bonds. The fourth-order valence-corrected chi connectivity index (χ4v) is 4.26. The Balaban J connectivity index is 1.85. The lowest BCUT2D eigenvalue weighted by molar-refractivity contribution is 0.0526. The van der Waals surface area contributed by atoms with E-state index in [2.05, 4.69) is 11.5 Å². The van der Waals surface area contributed by atoms with E-state index in [1.807, 2.05) is 44.2 Å². The van der Waals surface area contributed by atoms with E-state index in [-0.39, 0.29) is 17.0 Å². The van der Waals surface area contributed by atoms with E-state index in [9.17, 15) is 9.59 Å². The van der Waals surface area contributed by atoms with Gasteiger partial charge in [0.15, 0.2) is 10.9 Å². The summed E-state index contributed by atoms with van der Waals surface area (Å²) in [5.74, 6) is -0.270. The van der Waals surface area contributed by atoms with Gasteiger partial charge in [-0.15, -0.1) is 0 Å². The van der Waals surface area contributed by atoms with Gasteiger partial charge in [-0.1, -0.05) is 43.0 Å². The molecule has 0 aliphatic rings. The number of Topliss-reactive ketones (excluding diaryl/α,β-unsaturated/α-hetero) is 1. The molecule has 3 rings (SSSR count). The number of thioether (sulfide) groups is 1. The van der Waals surface area contributed by atoms with Crippen molar-refractivity contribution in [2.75, 3.05) is 6.61 Å². The molecule has 1 aromatic heterocycles. The average molecular weight is 411 g/mol. The van der Waals surface area contributed by atoms with E-state index < -0.39 is 0 Å². The summed E-state index contributed by atoms with van der Waals surface area (Å²) in [4.78, 5) is 29.6. The second-order valence-electron chi connectivity index (χ2n) is 6.74. The number of rotatable bonds is 8. The van der Waals surface area contributed by atoms with Gasteiger partial charge in [-0.3, -0.25) is 4.79 Å². The maximum absolute atomic E-state index is 12.9. The molecule has 0 unspecified atom stereocenters. The first-order chi connectivity index (χ1) is 14.0. The van der Waals surface area contributed by atoms with Gasteiger partial charge in [0.25, 0.3) is 0 Å². The normalized spacial score (nSPS) is 12.1. The molecule has 0 bridgehead atoms. The highest BCUT2D eigenvalue weighted by molar-refractivity contribution is 8.00. The molecular formula is C23H26N2O3S. The lowest BCUT2D eigenvalue weighted by Crippen LogP contribution is -2.14. The lowest BCUT2D eigenvalue weighted by atomic mass is 10.1. The van der Waals surface area contributed by atoms with E-state index in [0.29, 0.717) is 17.7 Å². The van der Waals surface area contributed by atoms with Crippen LogP contribution < -0.4 is 0 Å². The van der Waals surface area contributed by atoms with E-state index in [4.69, 9.17) is 9.72 Å². The number of ketones is 1. The van der Waals surface area contributed by atoms with Crippen molar-refractivity contribution in [3.63, 3.8) is 0 Å². The molecular weight excluding hydrogens is 384 g/mol. The Morgan fingerprint density at radius 1 is 1.07 bits per heavy atom. The third-order valence-electron chi connectivity index (χ3n) is 4.84. The molecule has 0 saturated carbocycles. The summed E-state index contributed by atoms with van der Waals surface area (Å²) in [6, 6.07) is 13.2. The Morgan fingerprint density at radius 2 is 1.76 bits per heavy atom. The van der Waals surface area contributed by atoms with Crippen molar-refractivity contribution in [3.05, 3.63) is 59.2 Å². The van der Waals surface area contributed by atoms with Crippen LogP contribution in [0.4, 0.5) is 0 Å². The Hall–Kier alpha value is -2.60. The number of aryl methyl sites for hydroxylation is 2. The molecule has 0 spiro atoms. The number of ether oxygens (including phenoxy) is 1. The molecule has 0 saturated heterocycles. The number of hydrogen-bond donors (Lipinski definition) is 0. The van der Waals surface area contributed by atoms with E-state index in [1.54, 1.807) is 19.1 Å². The zero-order valence-corrected chi connectivity index (χ0v) is 18.1. The van der Waals surface area contributed by atoms with Gasteiger partial charge in [0.05, 0.1) is 28.5 Å². The van der Waals surface area contributed by atoms with Gasteiger partial charge in [0.2, 0.25) is 0 Å². The fourth-order valence-electron chi connectivity index (χ4n) is 3.20. The molecule has 0 N–H and O–H groups in total. The van der Waals surface area contributed by atoms with Gasteiger partial charge in [0.1, 0.15) is 0 Å². The molecule has 29 heavy (non-hydrogen) atoms. The number of aromatic nitrogens is 2. The average Bonchev–Trinajstić information content (AvgIpc) is 3.09. The summed E-state index contributed by atoms with van der Waals surface area (Å²) in [6.07, 6.45) is 0.951. The van der Waals surface area contributed by atoms with Gasteiger partial charge in [-0.2, -0.15) is 0 Å². The third kappa shape index (κ3) is 4.53. The first kappa shape index (κ1) is 21.1. The van der Waals surface area contributed by atoms with Crippen molar-refractivity contribution in [3.8, 4) is 0 Å². The summed E-state index contributed by atoms with van der Waals surface area (Å²) in [5.41, 5.74) is 4.08. The molecule has 5 nitrogen and oxygen atoms in total. The molecule has 1 atom stereocenters. The third-order valence-corrected chi connectivity index (χ3v) is 5.93. The van der Waals surface area contributed by atoms with Crippen LogP contribution in [0.2, 0.25) is 0 Å². The topological polar surface area (TPSA) is 61.2 Å². The van der Waals surface area contributed by atoms with Crippen molar-refractivity contribution in [1.29, 1.82) is 0 Å². The Labute approximate surface area is 175 Å². The molecule has 0 fully saturated rings. The van der Waals surface area contributed by atoms with Gasteiger partial charge >= 0.3 is 5.97 Å². The minimum atomic E-state index is -0.353. The smallest absolute Gasteiger partial charge is 0.338 e. The maximum Gasteiger partial charge on any atom is 0.338 e. The zero-order chi connectivity index (χ0) is 21.0. The molecule has 0 aliphatic carbocycles. The maximum atomic E-state index is 12.9. The highest BCUT2D eigenvalue weighted by Crippen LogP contribution is 2.29. The summed E-state index contributed by atoms with van der Waals surface area (Å²) >= 11 is 1.44. The van der Waals surface area contributed by atoms with Crippen LogP contribution in [0.5, 0.6) is 0 Å². The minimum absolute atomic E-state index is 0.0829. The summed E-state index contributed by atoms with van der Waals surface area (Å²) < 4.78 is 7.15. The van der Waals surface area contributed by atoms with Crippen LogP contribution in [0, 0.1) is 0 Å². The van der Waals surface area contributed by atoms with Gasteiger partial charge in [-0.25, -0.2) is 9.78 Å². The number of imidazole rings is 1. The largest absolute Gasteiger partial charge is 0.462 e. The molecule has 2 aromatic carbocycles. The standard InChI is InChI=1S/C23H26N2O3S/c1-5-16-8-10-17(11-9-16)21(26)15(4)29-23-24-19-14-18(22(27)28-7-3)12-13-20(19)25(23)6-2/h8-15H,5-7H2,1-4H3/t15-/m0/s1. The number of carbonyl (C=O) groups excluding carboxylic acids is 2. The number of esters is 1. The number of nitrogens with zero attached hydrogens (tertiary/aromatic N) is 2. The monoisotopic (exact) mass is 410 g/mol. The Bertz CT molecular complexity index is 1020. The summed E-state index contributed by atoms with van der Waals surface area (Å²) in [7, 11) is 0. The second-order valence-corrected chi connectivity index (χ2v) is 8.05. The number of carbonyl (C=O) groups is 2. The van der Waals surface area contributed by atoms with Crippen molar-refractivity contribution < 1.29 is 14.3 Å². The van der Waals surface area contributed by atoms with Crippen molar-refractivity contribution >= 4 is 34.5 Å². The predicted octanol–water partition coefficient (Wildman–Crippen LogP) is 5.16. The van der Waals surface area contributed by atoms with Crippen LogP contribution in [-0.4, -0.2) is 33.2 Å². The quantitative estimate of drug-likeness (QED) is 0.292. The van der Waals surface area contributed by atoms with Gasteiger partial charge < -0.3 is 9.30 Å². The molecule has 0 radical (unpaired) electrons. The highest BCUT2D eigenvalue weighted by atomic mass is 32.2. The first-order valence-corrected chi connectivity index (χ1v) is 10.8. The number of benzene rings is 2. The molecule has 152 valence electrons. The number of hydrogen-bond acceptors (Lipinski definition) is 5. The minimum Gasteiger partial charge on any atom is -0.462 e. The molecule has 3 aromatic rings. The van der Waals surface area contributed by atoms with E-state index in [1.165, 1.54) is 17.3 Å². The highest BCUT2D eigenvalue weighted by Gasteiger charge is 2.21. The number of fused-ring (bicyclic) bond motifs is 1. The van der Waals surface area contributed by atoms with Crippen LogP contribution in [-0.2, 0) is 17.7 Å². The molecule has 6 heteroatoms. The molecule has 1 heterocycles. The van der Waals surface area contributed by atoms with Crippen LogP contribution in [0.3, 0.4) is 0 Å². The van der Waals surface area contributed by atoms with Crippen molar-refractivity contribution in [2.45, 2.75) is 51.1 Å². The first-order valence-electron chi connectivity index (χ1n) is 9.95. The Kier molecular flexibility index (Phi) is 6.75. The van der Waals surface area contributed by atoms with Crippen molar-refractivity contribution in [1.82, 2.24) is 9.55 Å². The Morgan fingerprint density at radius 3 is 2.38 bits per heavy atom. The van der Waals surface area contributed by atoms with Crippen LogP contribution in [0.25, 0.3) is 11.0 Å². The zero-order valence-electron chi connectivity index (χ0n) is 17.3. The van der Waals surface area contributed by atoms with E-state index >= 15 is 0 Å². The summed E-state index contributed by atoms with van der Waals surface area (Å²) in [5, 5.41) is 0.503. The SMILES string of the molecule is CCOC(=O)c1ccc2c(c1)nc(S[C@@H](C)C(=O)c1ccc(CC)cc1)n2CC. The fraction of sp³-hybridized carbons (Fsp3) is 0.348. The van der Waals surface area contributed by atoms with Gasteiger partial charge in [0, 0.05) is 12.1 Å². The van der Waals surface area contributed by atoms with Crippen molar-refractivity contribution in [2.24, 2.45) is 0 Å². The lowest BCUT2D eigenvalue weighted by Gasteiger charge is -2.11. The van der Waals surface area contributed by atoms with Gasteiger partial charge in [-0.05, 0) is 51.0 Å². The summed E-state index contributed by atoms with van der Waals surface area (Å²) in [6.45, 7) is 8.89. The van der Waals surface area contributed by atoms with E-state index in [0.717, 1.165) is 29.2 Å². The van der Waals surface area contributed by atoms with Crippen LogP contribution in [0.1, 0.15) is 54.0 Å². The molecule has 0 aliphatic heterocycles. The predicted molar refractivity (Wildman–Crippen MR) is 117 cm³/mol. The van der Waals surface area contributed by atoms with Crippen LogP contribution >= 0.6 is 11.8 Å². The van der Waals surface area contributed by atoms with Crippen LogP contribution in [0.15, 0.2) is 47.6 Å². The second kappa shape index (κ2) is 9.27.